The van der Waals surface area contributed by atoms with E-state index < -0.39 is 6.10 Å². The van der Waals surface area contributed by atoms with E-state index >= 15 is 0 Å². The molecule has 0 saturated heterocycles. The van der Waals surface area contributed by atoms with E-state index in [2.05, 4.69) is 34.6 Å². The molecule has 0 amide bonds. The van der Waals surface area contributed by atoms with Crippen LogP contribution in [0.15, 0.2) is 0 Å². The molecule has 2 atom stereocenters. The normalized spacial score (nSPS) is 12.4. The third kappa shape index (κ3) is 59.7. The Morgan fingerprint density at radius 3 is 0.770 bits per heavy atom. The Bertz CT molecular complexity index is 1140. The van der Waals surface area contributed by atoms with Crippen molar-refractivity contribution in [2.24, 2.45) is 11.8 Å². The summed E-state index contributed by atoms with van der Waals surface area (Å²) in [6.07, 6.45) is 68.2. The van der Waals surface area contributed by atoms with E-state index in [-0.39, 0.29) is 31.1 Å². The monoisotopic (exact) mass is 1050 g/mol. The zero-order chi connectivity index (χ0) is 53.9. The highest BCUT2D eigenvalue weighted by molar-refractivity contribution is 5.71. The molecule has 0 aliphatic heterocycles. The second-order valence-corrected chi connectivity index (χ2v) is 24.2. The maximum absolute atomic E-state index is 12.9. The molecule has 440 valence electrons. The highest BCUT2D eigenvalue weighted by atomic mass is 16.6. The Kier molecular flexibility index (Phi) is 59.3. The molecule has 1 unspecified atom stereocenters. The van der Waals surface area contributed by atoms with Gasteiger partial charge in [0.15, 0.2) is 6.10 Å². The van der Waals surface area contributed by atoms with E-state index in [1.807, 2.05) is 0 Å². The van der Waals surface area contributed by atoms with Crippen LogP contribution in [0.4, 0.5) is 0 Å². The molecule has 0 aliphatic rings. The van der Waals surface area contributed by atoms with Crippen molar-refractivity contribution in [2.75, 3.05) is 13.2 Å². The Morgan fingerprint density at radius 1 is 0.284 bits per heavy atom. The van der Waals surface area contributed by atoms with Crippen LogP contribution < -0.4 is 0 Å². The molecular weight excluding hydrogens is 913 g/mol. The van der Waals surface area contributed by atoms with Crippen molar-refractivity contribution >= 4 is 17.9 Å². The van der Waals surface area contributed by atoms with Crippen molar-refractivity contribution in [3.8, 4) is 0 Å². The SMILES string of the molecule is CCCCCCCCCCCCCCCCCCCCC(=O)OC[C@@H](COC(=O)CCCCCCCCCCCCCCCC(C)C)OC(=O)CCCCCCCCCCCCCCCCCCCCC(C)CC. The van der Waals surface area contributed by atoms with Gasteiger partial charge >= 0.3 is 17.9 Å². The summed E-state index contributed by atoms with van der Waals surface area (Å²) in [5, 5.41) is 0. The quantitative estimate of drug-likeness (QED) is 0.0343. The van der Waals surface area contributed by atoms with Gasteiger partial charge in [0, 0.05) is 19.3 Å². The van der Waals surface area contributed by atoms with Crippen molar-refractivity contribution in [1.29, 1.82) is 0 Å². The first-order chi connectivity index (χ1) is 36.3. The fourth-order valence-corrected chi connectivity index (χ4v) is 10.6. The summed E-state index contributed by atoms with van der Waals surface area (Å²) in [5.74, 6) is 0.921. The number of hydrogen-bond donors (Lipinski definition) is 0. The number of ether oxygens (including phenoxy) is 3. The van der Waals surface area contributed by atoms with Gasteiger partial charge in [0.25, 0.3) is 0 Å². The van der Waals surface area contributed by atoms with E-state index in [0.29, 0.717) is 19.3 Å². The predicted molar refractivity (Wildman–Crippen MR) is 321 cm³/mol. The summed E-state index contributed by atoms with van der Waals surface area (Å²) in [6.45, 7) is 11.5. The fraction of sp³-hybridized carbons (Fsp3) is 0.956. The lowest BCUT2D eigenvalue weighted by atomic mass is 9.99. The third-order valence-corrected chi connectivity index (χ3v) is 16.1. The van der Waals surface area contributed by atoms with Crippen LogP contribution in [0.2, 0.25) is 0 Å². The average molecular weight is 1050 g/mol. The maximum atomic E-state index is 12.9. The first-order valence-corrected chi connectivity index (χ1v) is 33.8. The first kappa shape index (κ1) is 72.4. The van der Waals surface area contributed by atoms with Gasteiger partial charge in [-0.2, -0.15) is 0 Å². The Balaban J connectivity index is 4.27. The predicted octanol–water partition coefficient (Wildman–Crippen LogP) is 22.8. The molecule has 0 radical (unpaired) electrons. The number of carbonyl (C=O) groups is 3. The van der Waals surface area contributed by atoms with Gasteiger partial charge in [0.2, 0.25) is 0 Å². The van der Waals surface area contributed by atoms with Gasteiger partial charge in [-0.05, 0) is 31.1 Å². The summed E-state index contributed by atoms with van der Waals surface area (Å²) >= 11 is 0. The van der Waals surface area contributed by atoms with Crippen LogP contribution in [0, 0.1) is 11.8 Å². The van der Waals surface area contributed by atoms with Crippen molar-refractivity contribution in [1.82, 2.24) is 0 Å². The second kappa shape index (κ2) is 60.6. The highest BCUT2D eigenvalue weighted by Gasteiger charge is 2.20. The molecule has 0 aliphatic carbocycles. The summed E-state index contributed by atoms with van der Waals surface area (Å²) in [7, 11) is 0. The zero-order valence-electron chi connectivity index (χ0n) is 51.0. The largest absolute Gasteiger partial charge is 0.462 e. The van der Waals surface area contributed by atoms with Gasteiger partial charge < -0.3 is 14.2 Å². The molecule has 0 aromatic carbocycles. The molecular formula is C68H132O6. The molecule has 0 heterocycles. The molecule has 0 saturated carbocycles. The zero-order valence-corrected chi connectivity index (χ0v) is 51.0. The van der Waals surface area contributed by atoms with E-state index in [9.17, 15) is 14.4 Å². The molecule has 6 nitrogen and oxygen atoms in total. The standard InChI is InChI=1S/C68H132O6/c1-6-8-9-10-11-12-13-14-15-16-20-23-28-33-38-43-48-53-58-66(69)72-61-65(62-73-67(70)59-54-49-44-39-34-30-25-26-31-36-41-46-51-56-63(3)4)74-68(71)60-55-50-45-40-35-29-24-21-18-17-19-22-27-32-37-42-47-52-57-64(5)7-2/h63-65H,6-62H2,1-5H3/t64?,65-/m0/s1. The molecule has 0 rings (SSSR count). The molecule has 0 N–H and O–H groups in total. The lowest BCUT2D eigenvalue weighted by Gasteiger charge is -2.18. The molecule has 0 fully saturated rings. The van der Waals surface area contributed by atoms with Gasteiger partial charge in [-0.3, -0.25) is 14.4 Å². The topological polar surface area (TPSA) is 78.9 Å². The minimum Gasteiger partial charge on any atom is -0.462 e. The smallest absolute Gasteiger partial charge is 0.306 e. The molecule has 0 bridgehead atoms. The Labute approximate surface area is 463 Å². The summed E-state index contributed by atoms with van der Waals surface area (Å²) < 4.78 is 17.0. The van der Waals surface area contributed by atoms with Gasteiger partial charge in [-0.25, -0.2) is 0 Å². The maximum Gasteiger partial charge on any atom is 0.306 e. The third-order valence-electron chi connectivity index (χ3n) is 16.1. The summed E-state index contributed by atoms with van der Waals surface area (Å²) in [5.41, 5.74) is 0. The summed E-state index contributed by atoms with van der Waals surface area (Å²) in [6, 6.07) is 0. The average Bonchev–Trinajstić information content (AvgIpc) is 3.39. The molecule has 74 heavy (non-hydrogen) atoms. The van der Waals surface area contributed by atoms with E-state index in [1.165, 1.54) is 276 Å². The van der Waals surface area contributed by atoms with Gasteiger partial charge in [-0.1, -0.05) is 349 Å². The number of esters is 3. The van der Waals surface area contributed by atoms with Crippen LogP contribution in [0.25, 0.3) is 0 Å². The lowest BCUT2D eigenvalue weighted by Crippen LogP contribution is -2.30. The van der Waals surface area contributed by atoms with Crippen molar-refractivity contribution in [3.05, 3.63) is 0 Å². The van der Waals surface area contributed by atoms with E-state index in [4.69, 9.17) is 14.2 Å². The van der Waals surface area contributed by atoms with Crippen molar-refractivity contribution in [2.45, 2.75) is 394 Å². The highest BCUT2D eigenvalue weighted by Crippen LogP contribution is 2.20. The second-order valence-electron chi connectivity index (χ2n) is 24.2. The number of unbranched alkanes of at least 4 members (excludes halogenated alkanes) is 46. The molecule has 0 aromatic heterocycles. The van der Waals surface area contributed by atoms with E-state index in [1.54, 1.807) is 0 Å². The Morgan fingerprint density at radius 2 is 0.514 bits per heavy atom. The molecule has 6 heteroatoms. The molecule has 0 aromatic rings. The number of carbonyl (C=O) groups excluding carboxylic acids is 3. The summed E-state index contributed by atoms with van der Waals surface area (Å²) in [4.78, 5) is 38.4. The fourth-order valence-electron chi connectivity index (χ4n) is 10.6. The van der Waals surface area contributed by atoms with Crippen LogP contribution in [0.3, 0.4) is 0 Å². The van der Waals surface area contributed by atoms with Gasteiger partial charge in [0.1, 0.15) is 13.2 Å². The van der Waals surface area contributed by atoms with Crippen LogP contribution in [0.1, 0.15) is 388 Å². The Hall–Kier alpha value is -1.59. The van der Waals surface area contributed by atoms with Gasteiger partial charge in [0.05, 0.1) is 0 Å². The van der Waals surface area contributed by atoms with Gasteiger partial charge in [-0.15, -0.1) is 0 Å². The number of rotatable bonds is 62. The molecule has 0 spiro atoms. The van der Waals surface area contributed by atoms with Crippen LogP contribution in [0.5, 0.6) is 0 Å². The van der Waals surface area contributed by atoms with Crippen molar-refractivity contribution in [3.63, 3.8) is 0 Å². The minimum absolute atomic E-state index is 0.0615. The van der Waals surface area contributed by atoms with Crippen LogP contribution in [-0.4, -0.2) is 37.2 Å². The van der Waals surface area contributed by atoms with Crippen LogP contribution in [-0.2, 0) is 28.6 Å². The van der Waals surface area contributed by atoms with Crippen molar-refractivity contribution < 1.29 is 28.6 Å². The lowest BCUT2D eigenvalue weighted by molar-refractivity contribution is -0.167. The van der Waals surface area contributed by atoms with Crippen LogP contribution >= 0.6 is 0 Å². The number of hydrogen-bond acceptors (Lipinski definition) is 6. The first-order valence-electron chi connectivity index (χ1n) is 33.8. The minimum atomic E-state index is -0.764. The van der Waals surface area contributed by atoms with E-state index in [0.717, 1.165) is 69.6 Å².